The van der Waals surface area contributed by atoms with E-state index in [1.165, 1.54) is 12.4 Å². The molecule has 1 atom stereocenters. The van der Waals surface area contributed by atoms with Gasteiger partial charge in [0.1, 0.15) is 0 Å². The van der Waals surface area contributed by atoms with Gasteiger partial charge < -0.3 is 10.2 Å². The fraction of sp³-hybridized carbons (Fsp3) is 0.389. The standard InChI is InChI=1S/C18H22N4O3S/c1-3-22(16-8-9-26(24,25)12-16)17(23)14-10-19-18(20-11-14)21-15-6-4-13(2)5-7-15/h4-7,10-11,16H,3,8-9,12H2,1-2H3,(H,19,20,21). The summed E-state index contributed by atoms with van der Waals surface area (Å²) in [5.74, 6) is 0.325. The quantitative estimate of drug-likeness (QED) is 0.862. The third-order valence-corrected chi connectivity index (χ3v) is 6.21. The normalized spacial score (nSPS) is 18.5. The van der Waals surface area contributed by atoms with Crippen molar-refractivity contribution in [1.82, 2.24) is 14.9 Å². The van der Waals surface area contributed by atoms with Crippen LogP contribution < -0.4 is 5.32 Å². The minimum atomic E-state index is -3.05. The summed E-state index contributed by atoms with van der Waals surface area (Å²) in [7, 11) is -3.05. The molecule has 0 saturated carbocycles. The number of hydrogen-bond donors (Lipinski definition) is 1. The van der Waals surface area contributed by atoms with Gasteiger partial charge in [0.25, 0.3) is 5.91 Å². The van der Waals surface area contributed by atoms with Crippen molar-refractivity contribution in [2.75, 3.05) is 23.4 Å². The third kappa shape index (κ3) is 4.19. The number of aryl methyl sites for hydroxylation is 1. The third-order valence-electron chi connectivity index (χ3n) is 4.46. The van der Waals surface area contributed by atoms with Gasteiger partial charge in [-0.25, -0.2) is 18.4 Å². The van der Waals surface area contributed by atoms with Gasteiger partial charge in [0.2, 0.25) is 5.95 Å². The maximum atomic E-state index is 12.7. The van der Waals surface area contributed by atoms with Crippen LogP contribution in [0.4, 0.5) is 11.6 Å². The molecule has 1 aliphatic heterocycles. The van der Waals surface area contributed by atoms with E-state index >= 15 is 0 Å². The van der Waals surface area contributed by atoms with Crippen LogP contribution in [-0.2, 0) is 9.84 Å². The van der Waals surface area contributed by atoms with Crippen LogP contribution in [0.2, 0.25) is 0 Å². The first-order valence-corrected chi connectivity index (χ1v) is 10.4. The summed E-state index contributed by atoms with van der Waals surface area (Å²) in [5, 5.41) is 3.08. The Morgan fingerprint density at radius 3 is 2.42 bits per heavy atom. The van der Waals surface area contributed by atoms with E-state index in [-0.39, 0.29) is 23.5 Å². The van der Waals surface area contributed by atoms with Crippen LogP contribution >= 0.6 is 0 Å². The topological polar surface area (TPSA) is 92.3 Å². The molecule has 7 nitrogen and oxygen atoms in total. The summed E-state index contributed by atoms with van der Waals surface area (Å²) >= 11 is 0. The highest BCUT2D eigenvalue weighted by Gasteiger charge is 2.34. The molecule has 3 rings (SSSR count). The predicted molar refractivity (Wildman–Crippen MR) is 100 cm³/mol. The Morgan fingerprint density at radius 1 is 1.23 bits per heavy atom. The zero-order chi connectivity index (χ0) is 18.7. The minimum Gasteiger partial charge on any atom is -0.335 e. The van der Waals surface area contributed by atoms with Crippen LogP contribution in [0.3, 0.4) is 0 Å². The molecule has 0 spiro atoms. The molecule has 1 unspecified atom stereocenters. The molecule has 2 aromatic rings. The van der Waals surface area contributed by atoms with Gasteiger partial charge in [0, 0.05) is 30.7 Å². The first-order valence-electron chi connectivity index (χ1n) is 8.55. The van der Waals surface area contributed by atoms with Gasteiger partial charge in [-0.3, -0.25) is 4.79 Å². The number of carbonyl (C=O) groups excluding carboxylic acids is 1. The van der Waals surface area contributed by atoms with E-state index in [0.29, 0.717) is 24.5 Å². The second-order valence-corrected chi connectivity index (χ2v) is 8.66. The van der Waals surface area contributed by atoms with E-state index in [4.69, 9.17) is 0 Å². The number of hydrogen-bond acceptors (Lipinski definition) is 6. The largest absolute Gasteiger partial charge is 0.335 e. The van der Waals surface area contributed by atoms with Crippen molar-refractivity contribution in [2.24, 2.45) is 0 Å². The molecule has 0 bridgehead atoms. The zero-order valence-electron chi connectivity index (χ0n) is 14.8. The summed E-state index contributed by atoms with van der Waals surface area (Å²) in [6.07, 6.45) is 3.42. The maximum Gasteiger partial charge on any atom is 0.257 e. The lowest BCUT2D eigenvalue weighted by Gasteiger charge is -2.26. The Labute approximate surface area is 153 Å². The van der Waals surface area contributed by atoms with Crippen LogP contribution in [-0.4, -0.2) is 53.3 Å². The molecule has 1 N–H and O–H groups in total. The molecule has 0 aliphatic carbocycles. The molecule has 8 heteroatoms. The molecule has 2 heterocycles. The number of sulfone groups is 1. The first kappa shape index (κ1) is 18.3. The molecular formula is C18H22N4O3S. The minimum absolute atomic E-state index is 0.0283. The second-order valence-electron chi connectivity index (χ2n) is 6.43. The summed E-state index contributed by atoms with van der Waals surface area (Å²) < 4.78 is 23.4. The molecule has 1 aromatic carbocycles. The van der Waals surface area contributed by atoms with Gasteiger partial charge >= 0.3 is 0 Å². The highest BCUT2D eigenvalue weighted by atomic mass is 32.2. The number of amides is 1. The molecule has 26 heavy (non-hydrogen) atoms. The number of nitrogens with one attached hydrogen (secondary N) is 1. The molecule has 1 fully saturated rings. The summed E-state index contributed by atoms with van der Waals surface area (Å²) in [6, 6.07) is 7.54. The lowest BCUT2D eigenvalue weighted by Crippen LogP contribution is -2.41. The van der Waals surface area contributed by atoms with Gasteiger partial charge in [-0.15, -0.1) is 0 Å². The maximum absolute atomic E-state index is 12.7. The van der Waals surface area contributed by atoms with Crippen molar-refractivity contribution in [2.45, 2.75) is 26.3 Å². The Bertz CT molecular complexity index is 880. The van der Waals surface area contributed by atoms with Gasteiger partial charge in [-0.1, -0.05) is 17.7 Å². The first-order chi connectivity index (χ1) is 12.4. The lowest BCUT2D eigenvalue weighted by atomic mass is 10.2. The Morgan fingerprint density at radius 2 is 1.88 bits per heavy atom. The molecule has 1 amide bonds. The van der Waals surface area contributed by atoms with E-state index < -0.39 is 9.84 Å². The fourth-order valence-corrected chi connectivity index (χ4v) is 4.75. The van der Waals surface area contributed by atoms with Crippen molar-refractivity contribution < 1.29 is 13.2 Å². The highest BCUT2D eigenvalue weighted by Crippen LogP contribution is 2.20. The van der Waals surface area contributed by atoms with Gasteiger partial charge in [0.05, 0.1) is 17.1 Å². The summed E-state index contributed by atoms with van der Waals surface area (Å²) in [5.41, 5.74) is 2.37. The van der Waals surface area contributed by atoms with Crippen molar-refractivity contribution >= 4 is 27.4 Å². The predicted octanol–water partition coefficient (Wildman–Crippen LogP) is 2.18. The highest BCUT2D eigenvalue weighted by molar-refractivity contribution is 7.91. The molecule has 138 valence electrons. The second kappa shape index (κ2) is 7.41. The number of carbonyl (C=O) groups is 1. The number of nitrogens with zero attached hydrogens (tertiary/aromatic N) is 3. The lowest BCUT2D eigenvalue weighted by molar-refractivity contribution is 0.0707. The van der Waals surface area contributed by atoms with Gasteiger partial charge in [-0.2, -0.15) is 0 Å². The number of aromatic nitrogens is 2. The van der Waals surface area contributed by atoms with E-state index in [1.807, 2.05) is 38.1 Å². The molecule has 1 aromatic heterocycles. The molecular weight excluding hydrogens is 352 g/mol. The van der Waals surface area contributed by atoms with Gasteiger partial charge in [-0.05, 0) is 32.4 Å². The Hall–Kier alpha value is -2.48. The Balaban J connectivity index is 1.70. The average molecular weight is 374 g/mol. The molecule has 1 aliphatic rings. The van der Waals surface area contributed by atoms with E-state index in [0.717, 1.165) is 11.3 Å². The monoisotopic (exact) mass is 374 g/mol. The van der Waals surface area contributed by atoms with Crippen molar-refractivity contribution in [3.05, 3.63) is 47.8 Å². The van der Waals surface area contributed by atoms with Crippen LogP contribution in [0.15, 0.2) is 36.7 Å². The Kier molecular flexibility index (Phi) is 5.22. The van der Waals surface area contributed by atoms with E-state index in [2.05, 4.69) is 15.3 Å². The SMILES string of the molecule is CCN(C(=O)c1cnc(Nc2ccc(C)cc2)nc1)C1CCS(=O)(=O)C1. The summed E-state index contributed by atoms with van der Waals surface area (Å²) in [4.78, 5) is 22.7. The zero-order valence-corrected chi connectivity index (χ0v) is 15.7. The van der Waals surface area contributed by atoms with Crippen molar-refractivity contribution in [3.8, 4) is 0 Å². The molecule has 0 radical (unpaired) electrons. The van der Waals surface area contributed by atoms with E-state index in [9.17, 15) is 13.2 Å². The van der Waals surface area contributed by atoms with Crippen LogP contribution in [0.5, 0.6) is 0 Å². The average Bonchev–Trinajstić information content (AvgIpc) is 2.98. The van der Waals surface area contributed by atoms with Crippen LogP contribution in [0.1, 0.15) is 29.3 Å². The van der Waals surface area contributed by atoms with Crippen LogP contribution in [0, 0.1) is 6.92 Å². The number of anilines is 2. The number of rotatable bonds is 5. The number of benzene rings is 1. The fourth-order valence-electron chi connectivity index (χ4n) is 3.02. The smallest absolute Gasteiger partial charge is 0.257 e. The van der Waals surface area contributed by atoms with E-state index in [1.54, 1.807) is 4.90 Å². The summed E-state index contributed by atoms with van der Waals surface area (Å²) in [6.45, 7) is 4.30. The molecule has 1 saturated heterocycles. The van der Waals surface area contributed by atoms with Crippen molar-refractivity contribution in [1.29, 1.82) is 0 Å². The van der Waals surface area contributed by atoms with Crippen LogP contribution in [0.25, 0.3) is 0 Å². The van der Waals surface area contributed by atoms with Crippen molar-refractivity contribution in [3.63, 3.8) is 0 Å². The van der Waals surface area contributed by atoms with Gasteiger partial charge in [0.15, 0.2) is 9.84 Å².